The van der Waals surface area contributed by atoms with E-state index in [2.05, 4.69) is 20.7 Å². The Balaban J connectivity index is 1.17. The van der Waals surface area contributed by atoms with E-state index in [1.807, 2.05) is 0 Å². The lowest BCUT2D eigenvalue weighted by atomic mass is 10.2. The Labute approximate surface area is 231 Å². The maximum absolute atomic E-state index is 14.9. The van der Waals surface area contributed by atoms with Crippen LogP contribution in [-0.2, 0) is 4.79 Å². The Morgan fingerprint density at radius 1 is 0.976 bits per heavy atom. The van der Waals surface area contributed by atoms with Crippen molar-refractivity contribution in [2.75, 3.05) is 10.6 Å². The summed E-state index contributed by atoms with van der Waals surface area (Å²) in [6.45, 7) is 1.69. The number of nitrogens with zero attached hydrogens (tertiary/aromatic N) is 4. The third-order valence-electron chi connectivity index (χ3n) is 6.52. The summed E-state index contributed by atoms with van der Waals surface area (Å²) in [4.78, 5) is 42.2. The van der Waals surface area contributed by atoms with Gasteiger partial charge in [0.25, 0.3) is 11.5 Å². The predicted molar refractivity (Wildman–Crippen MR) is 146 cm³/mol. The number of anilines is 2. The van der Waals surface area contributed by atoms with E-state index in [0.717, 1.165) is 18.9 Å². The molecule has 3 aromatic heterocycles. The Bertz CT molecular complexity index is 1880. The van der Waals surface area contributed by atoms with Crippen molar-refractivity contribution in [3.8, 4) is 17.2 Å². The van der Waals surface area contributed by atoms with Crippen LogP contribution >= 0.6 is 0 Å². The number of amides is 2. The maximum atomic E-state index is 14.9. The molecule has 3 heterocycles. The number of halogens is 2. The number of pyridine rings is 2. The summed E-state index contributed by atoms with van der Waals surface area (Å²) in [5.41, 5.74) is 0.678. The summed E-state index contributed by atoms with van der Waals surface area (Å²) in [6, 6.07) is 15.2. The van der Waals surface area contributed by atoms with Gasteiger partial charge in [-0.3, -0.25) is 24.3 Å². The van der Waals surface area contributed by atoms with Crippen LogP contribution in [0.1, 0.15) is 28.9 Å². The minimum atomic E-state index is -0.755. The minimum Gasteiger partial charge on any atom is -0.454 e. The highest BCUT2D eigenvalue weighted by Crippen LogP contribution is 2.30. The number of carbonyl (C=O) groups is 2. The minimum absolute atomic E-state index is 0.00765. The topological polar surface area (TPSA) is 120 Å². The number of aromatic nitrogens is 4. The van der Waals surface area contributed by atoms with Crippen LogP contribution in [0.2, 0.25) is 0 Å². The average molecular weight is 557 g/mol. The van der Waals surface area contributed by atoms with Gasteiger partial charge in [-0.05, 0) is 74.4 Å². The van der Waals surface area contributed by atoms with Crippen LogP contribution in [0.15, 0.2) is 77.7 Å². The maximum Gasteiger partial charge on any atom is 0.268 e. The Hall–Kier alpha value is -5.39. The molecule has 1 aliphatic rings. The van der Waals surface area contributed by atoms with Crippen molar-refractivity contribution in [1.29, 1.82) is 0 Å². The van der Waals surface area contributed by atoms with Crippen LogP contribution in [0.5, 0.6) is 11.5 Å². The molecule has 2 amide bonds. The molecular weight excluding hydrogens is 534 g/mol. The zero-order valence-electron chi connectivity index (χ0n) is 21.6. The van der Waals surface area contributed by atoms with Crippen molar-refractivity contribution in [3.05, 3.63) is 106 Å². The normalized spacial score (nSPS) is 12.8. The third-order valence-corrected chi connectivity index (χ3v) is 6.52. The fraction of sp³-hybridized carbons (Fsp3) is 0.138. The van der Waals surface area contributed by atoms with Gasteiger partial charge in [-0.2, -0.15) is 4.98 Å². The molecule has 0 saturated heterocycles. The van der Waals surface area contributed by atoms with E-state index < -0.39 is 23.1 Å². The van der Waals surface area contributed by atoms with Crippen molar-refractivity contribution in [2.45, 2.75) is 19.8 Å². The van der Waals surface area contributed by atoms with Gasteiger partial charge in [0.1, 0.15) is 17.1 Å². The summed E-state index contributed by atoms with van der Waals surface area (Å²) in [7, 11) is 0. The molecule has 12 heteroatoms. The molecular formula is C29H22F2N6O4. The zero-order chi connectivity index (χ0) is 28.7. The number of hydrogen-bond acceptors (Lipinski definition) is 6. The molecule has 10 nitrogen and oxygen atoms in total. The largest absolute Gasteiger partial charge is 0.454 e. The quantitative estimate of drug-likeness (QED) is 0.296. The van der Waals surface area contributed by atoms with Gasteiger partial charge in [0.2, 0.25) is 11.9 Å². The van der Waals surface area contributed by atoms with Gasteiger partial charge in [-0.15, -0.1) is 5.10 Å². The van der Waals surface area contributed by atoms with Crippen LogP contribution in [0.3, 0.4) is 0 Å². The van der Waals surface area contributed by atoms with Crippen LogP contribution in [-0.4, -0.2) is 31.0 Å². The van der Waals surface area contributed by atoms with Crippen molar-refractivity contribution in [1.82, 2.24) is 19.2 Å². The fourth-order valence-corrected chi connectivity index (χ4v) is 4.24. The molecule has 6 rings (SSSR count). The van der Waals surface area contributed by atoms with Crippen LogP contribution in [0.25, 0.3) is 11.3 Å². The van der Waals surface area contributed by atoms with Crippen molar-refractivity contribution in [3.63, 3.8) is 0 Å². The summed E-state index contributed by atoms with van der Waals surface area (Å²) < 4.78 is 36.7. The number of ether oxygens (including phenoxy) is 1. The first kappa shape index (κ1) is 25.9. The number of carbonyl (C=O) groups excluding carboxylic acids is 2. The Morgan fingerprint density at radius 2 is 1.76 bits per heavy atom. The van der Waals surface area contributed by atoms with E-state index in [9.17, 15) is 23.2 Å². The second kappa shape index (κ2) is 10.3. The number of hydrogen-bond donors (Lipinski definition) is 2. The second-order valence-corrected chi connectivity index (χ2v) is 9.57. The molecule has 41 heavy (non-hydrogen) atoms. The number of benzene rings is 2. The first-order valence-corrected chi connectivity index (χ1v) is 12.7. The van der Waals surface area contributed by atoms with Crippen LogP contribution in [0, 0.1) is 24.5 Å². The number of fused-ring (bicyclic) bond motifs is 1. The second-order valence-electron chi connectivity index (χ2n) is 9.57. The molecule has 1 fully saturated rings. The molecule has 206 valence electrons. The predicted octanol–water partition coefficient (Wildman–Crippen LogP) is 4.86. The smallest absolute Gasteiger partial charge is 0.268 e. The van der Waals surface area contributed by atoms with Gasteiger partial charge >= 0.3 is 0 Å². The zero-order valence-corrected chi connectivity index (χ0v) is 21.6. The van der Waals surface area contributed by atoms with Gasteiger partial charge in [0, 0.05) is 41.3 Å². The van der Waals surface area contributed by atoms with Crippen LogP contribution in [0.4, 0.5) is 20.4 Å². The number of nitrogens with one attached hydrogen (secondary N) is 2. The number of aryl methyl sites for hydroxylation is 1. The van der Waals surface area contributed by atoms with Gasteiger partial charge in [0.05, 0.1) is 0 Å². The van der Waals surface area contributed by atoms with E-state index in [-0.39, 0.29) is 40.5 Å². The Morgan fingerprint density at radius 3 is 2.49 bits per heavy atom. The molecule has 0 radical (unpaired) electrons. The highest BCUT2D eigenvalue weighted by molar-refractivity contribution is 6.04. The lowest BCUT2D eigenvalue weighted by molar-refractivity contribution is -0.117. The van der Waals surface area contributed by atoms with Crippen LogP contribution < -0.4 is 20.9 Å². The van der Waals surface area contributed by atoms with Crippen molar-refractivity contribution >= 4 is 29.1 Å². The first-order valence-electron chi connectivity index (χ1n) is 12.7. The molecule has 0 atom stereocenters. The van der Waals surface area contributed by atoms with E-state index in [0.29, 0.717) is 17.0 Å². The first-order chi connectivity index (χ1) is 19.7. The monoisotopic (exact) mass is 556 g/mol. The lowest BCUT2D eigenvalue weighted by Gasteiger charge is -2.13. The third kappa shape index (κ3) is 5.39. The summed E-state index contributed by atoms with van der Waals surface area (Å²) in [5, 5.41) is 9.40. The SMILES string of the molecule is Cc1ccc(C(=O)Nc2ccc(Oc3ccn4nc(NC(=O)C5CC5)nc4c3)c(F)c2)c(=O)n1-c1ccc(F)cc1. The molecule has 0 aliphatic heterocycles. The van der Waals surface area contributed by atoms with Gasteiger partial charge in [-0.25, -0.2) is 13.3 Å². The van der Waals surface area contributed by atoms with Gasteiger partial charge in [-0.1, -0.05) is 0 Å². The van der Waals surface area contributed by atoms with Crippen molar-refractivity contribution < 1.29 is 23.1 Å². The highest BCUT2D eigenvalue weighted by Gasteiger charge is 2.30. The Kier molecular flexibility index (Phi) is 6.50. The molecule has 2 aromatic carbocycles. The molecule has 2 N–H and O–H groups in total. The lowest BCUT2D eigenvalue weighted by Crippen LogP contribution is -2.29. The summed E-state index contributed by atoms with van der Waals surface area (Å²) in [5.74, 6) is -1.71. The van der Waals surface area contributed by atoms with Crippen molar-refractivity contribution in [2.24, 2.45) is 5.92 Å². The van der Waals surface area contributed by atoms with E-state index in [1.54, 1.807) is 31.3 Å². The van der Waals surface area contributed by atoms with Gasteiger partial charge in [0.15, 0.2) is 17.2 Å². The van der Waals surface area contributed by atoms with Gasteiger partial charge < -0.3 is 10.1 Å². The molecule has 0 unspecified atom stereocenters. The van der Waals surface area contributed by atoms with E-state index in [4.69, 9.17) is 4.74 Å². The van der Waals surface area contributed by atoms with E-state index >= 15 is 0 Å². The summed E-state index contributed by atoms with van der Waals surface area (Å²) in [6.07, 6.45) is 3.28. The number of rotatable bonds is 7. The molecule has 0 bridgehead atoms. The highest BCUT2D eigenvalue weighted by atomic mass is 19.1. The molecule has 1 aliphatic carbocycles. The van der Waals surface area contributed by atoms with E-state index in [1.165, 1.54) is 51.5 Å². The molecule has 0 spiro atoms. The summed E-state index contributed by atoms with van der Waals surface area (Å²) >= 11 is 0. The average Bonchev–Trinajstić information content (AvgIpc) is 3.72. The fourth-order valence-electron chi connectivity index (χ4n) is 4.24. The molecule has 1 saturated carbocycles. The standard InChI is InChI=1S/C29H22F2N6O4/c1-16-2-10-22(28(40)37(16)20-8-5-18(30)6-9-20)27(39)32-19-7-11-24(23(31)14-19)41-21-12-13-36-25(15-21)33-29(35-36)34-26(38)17-3-4-17/h2,5-15,17H,3-4H2,1H3,(H,32,39)(H,34,35,38). The molecule has 5 aromatic rings.